The highest BCUT2D eigenvalue weighted by Crippen LogP contribution is 2.32. The molecule has 2 heterocycles. The topological polar surface area (TPSA) is 63.1 Å². The quantitative estimate of drug-likeness (QED) is 0.323. The van der Waals surface area contributed by atoms with E-state index in [2.05, 4.69) is 85.8 Å². The second-order valence-corrected chi connectivity index (χ2v) is 11.5. The van der Waals surface area contributed by atoms with Gasteiger partial charge in [0, 0.05) is 42.7 Å². The van der Waals surface area contributed by atoms with E-state index in [-0.39, 0.29) is 11.3 Å². The molecule has 0 radical (unpaired) electrons. The maximum atomic E-state index is 11.1. The fourth-order valence-corrected chi connectivity index (χ4v) is 4.48. The third-order valence-corrected chi connectivity index (χ3v) is 6.44. The summed E-state index contributed by atoms with van der Waals surface area (Å²) in [7, 11) is 2.02. The first-order valence-electron chi connectivity index (χ1n) is 12.6. The fourth-order valence-electron chi connectivity index (χ4n) is 3.72. The van der Waals surface area contributed by atoms with Crippen LogP contribution in [0.3, 0.4) is 0 Å². The Balaban J connectivity index is 0.000000540. The normalized spacial score (nSPS) is 11.4. The standard InChI is InChI=1S/C21H27N5OS.C7H16/c1-7-26-18-10-8-15(12-17(18)24-20(26)21(3,4)5)25(6)28-16-9-11-19(22-13-16)23-14(2)27;1-4-5-6-7(2)3/h8-13H,7H2,1-6H3,(H,22,23,27);7H,4-6H2,1-3H3. The van der Waals surface area contributed by atoms with Gasteiger partial charge in [0.2, 0.25) is 5.91 Å². The van der Waals surface area contributed by atoms with Crippen molar-refractivity contribution >= 4 is 40.4 Å². The number of hydrogen-bond acceptors (Lipinski definition) is 5. The minimum atomic E-state index is -0.125. The lowest BCUT2D eigenvalue weighted by molar-refractivity contribution is -0.114. The second-order valence-electron chi connectivity index (χ2n) is 10.3. The molecule has 0 saturated heterocycles. The highest BCUT2D eigenvalue weighted by Gasteiger charge is 2.22. The molecule has 6 nitrogen and oxygen atoms in total. The number of hydrogen-bond donors (Lipinski definition) is 1. The summed E-state index contributed by atoms with van der Waals surface area (Å²) in [5, 5.41) is 2.68. The molecule has 0 aliphatic rings. The van der Waals surface area contributed by atoms with Crippen molar-refractivity contribution in [3.05, 3.63) is 42.4 Å². The Labute approximate surface area is 216 Å². The van der Waals surface area contributed by atoms with Gasteiger partial charge < -0.3 is 14.2 Å². The third-order valence-electron chi connectivity index (χ3n) is 5.50. The molecule has 192 valence electrons. The van der Waals surface area contributed by atoms with Crippen LogP contribution in [0.2, 0.25) is 0 Å². The number of anilines is 2. The van der Waals surface area contributed by atoms with Gasteiger partial charge in [-0.25, -0.2) is 9.97 Å². The Hall–Kier alpha value is -2.54. The zero-order valence-electron chi connectivity index (χ0n) is 23.0. The highest BCUT2D eigenvalue weighted by molar-refractivity contribution is 8.00. The second kappa shape index (κ2) is 13.0. The van der Waals surface area contributed by atoms with Gasteiger partial charge in [-0.05, 0) is 55.1 Å². The number of fused-ring (bicyclic) bond motifs is 1. The average molecular weight is 498 g/mol. The minimum Gasteiger partial charge on any atom is -0.328 e. The summed E-state index contributed by atoms with van der Waals surface area (Å²) in [5.41, 5.74) is 3.24. The summed E-state index contributed by atoms with van der Waals surface area (Å²) >= 11 is 1.58. The van der Waals surface area contributed by atoms with Crippen molar-refractivity contribution in [3.8, 4) is 0 Å². The highest BCUT2D eigenvalue weighted by atomic mass is 32.2. The summed E-state index contributed by atoms with van der Waals surface area (Å²) in [6, 6.07) is 10.1. The molecule has 0 bridgehead atoms. The van der Waals surface area contributed by atoms with Crippen LogP contribution in [-0.2, 0) is 16.8 Å². The summed E-state index contributed by atoms with van der Waals surface area (Å²) in [5.74, 6) is 2.44. The van der Waals surface area contributed by atoms with Crippen molar-refractivity contribution in [2.75, 3.05) is 16.7 Å². The summed E-state index contributed by atoms with van der Waals surface area (Å²) < 4.78 is 4.38. The number of benzene rings is 1. The number of carbonyl (C=O) groups excluding carboxylic acids is 1. The predicted octanol–water partition coefficient (Wildman–Crippen LogP) is 7.68. The molecule has 2 aromatic heterocycles. The number of aromatic nitrogens is 3. The molecule has 0 aliphatic heterocycles. The van der Waals surface area contributed by atoms with Gasteiger partial charge in [-0.3, -0.25) is 4.79 Å². The van der Waals surface area contributed by atoms with Gasteiger partial charge in [0.25, 0.3) is 0 Å². The lowest BCUT2D eigenvalue weighted by Crippen LogP contribution is -2.18. The average Bonchev–Trinajstić information content (AvgIpc) is 3.17. The lowest BCUT2D eigenvalue weighted by Gasteiger charge is -2.19. The van der Waals surface area contributed by atoms with Crippen molar-refractivity contribution in [1.29, 1.82) is 0 Å². The van der Waals surface area contributed by atoms with Crippen molar-refractivity contribution in [2.24, 2.45) is 5.92 Å². The van der Waals surface area contributed by atoms with Gasteiger partial charge >= 0.3 is 0 Å². The van der Waals surface area contributed by atoms with Crippen molar-refractivity contribution in [1.82, 2.24) is 14.5 Å². The molecule has 7 heteroatoms. The Morgan fingerprint density at radius 2 is 1.89 bits per heavy atom. The molecule has 0 unspecified atom stereocenters. The maximum Gasteiger partial charge on any atom is 0.222 e. The molecule has 0 fully saturated rings. The monoisotopic (exact) mass is 497 g/mol. The smallest absolute Gasteiger partial charge is 0.222 e. The summed E-state index contributed by atoms with van der Waals surface area (Å²) in [6.45, 7) is 17.9. The Morgan fingerprint density at radius 1 is 1.17 bits per heavy atom. The van der Waals surface area contributed by atoms with Crippen molar-refractivity contribution in [2.45, 2.75) is 91.5 Å². The van der Waals surface area contributed by atoms with E-state index in [1.165, 1.54) is 26.2 Å². The molecule has 0 aliphatic carbocycles. The molecule has 1 N–H and O–H groups in total. The first kappa shape index (κ1) is 28.7. The number of pyridine rings is 1. The molecule has 35 heavy (non-hydrogen) atoms. The van der Waals surface area contributed by atoms with Gasteiger partial charge in [-0.1, -0.05) is 60.8 Å². The van der Waals surface area contributed by atoms with Gasteiger partial charge in [-0.2, -0.15) is 0 Å². The Kier molecular flexibility index (Phi) is 10.6. The van der Waals surface area contributed by atoms with Crippen LogP contribution in [0.4, 0.5) is 11.5 Å². The third kappa shape index (κ3) is 8.57. The van der Waals surface area contributed by atoms with Crippen LogP contribution >= 0.6 is 11.9 Å². The van der Waals surface area contributed by atoms with E-state index in [1.807, 2.05) is 13.1 Å². The SMILES string of the molecule is CCCCC(C)C.CCn1c(C(C)(C)C)nc2cc(N(C)Sc3ccc(NC(C)=O)nc3)ccc21. The molecule has 1 aromatic carbocycles. The number of amides is 1. The molecule has 0 atom stereocenters. The molecule has 0 spiro atoms. The van der Waals surface area contributed by atoms with E-state index in [1.54, 1.807) is 24.2 Å². The van der Waals surface area contributed by atoms with Crippen LogP contribution in [0.15, 0.2) is 41.4 Å². The van der Waals surface area contributed by atoms with Crippen LogP contribution in [0, 0.1) is 5.92 Å². The van der Waals surface area contributed by atoms with E-state index in [9.17, 15) is 4.79 Å². The van der Waals surface area contributed by atoms with Crippen molar-refractivity contribution in [3.63, 3.8) is 0 Å². The zero-order chi connectivity index (χ0) is 26.2. The van der Waals surface area contributed by atoms with Crippen LogP contribution in [0.1, 0.15) is 80.5 Å². The molecular formula is C28H43N5OS. The molecule has 3 rings (SSSR count). The van der Waals surface area contributed by atoms with Gasteiger partial charge in [0.15, 0.2) is 0 Å². The number of carbonyl (C=O) groups is 1. The molecule has 1 amide bonds. The van der Waals surface area contributed by atoms with Crippen LogP contribution in [0.5, 0.6) is 0 Å². The van der Waals surface area contributed by atoms with E-state index < -0.39 is 0 Å². The fraction of sp³-hybridized carbons (Fsp3) is 0.536. The van der Waals surface area contributed by atoms with Gasteiger partial charge in [-0.15, -0.1) is 0 Å². The zero-order valence-corrected chi connectivity index (χ0v) is 23.8. The van der Waals surface area contributed by atoms with Crippen molar-refractivity contribution < 1.29 is 4.79 Å². The summed E-state index contributed by atoms with van der Waals surface area (Å²) in [4.78, 5) is 21.3. The molecular weight excluding hydrogens is 454 g/mol. The first-order valence-corrected chi connectivity index (χ1v) is 13.4. The van der Waals surface area contributed by atoms with Gasteiger partial charge in [0.05, 0.1) is 11.0 Å². The number of aryl methyl sites for hydroxylation is 1. The van der Waals surface area contributed by atoms with Crippen LogP contribution < -0.4 is 9.62 Å². The first-order chi connectivity index (χ1) is 16.5. The number of unbranched alkanes of at least 4 members (excludes halogenated alkanes) is 1. The number of nitrogens with one attached hydrogen (secondary N) is 1. The van der Waals surface area contributed by atoms with Gasteiger partial charge in [0.1, 0.15) is 11.6 Å². The Morgan fingerprint density at radius 3 is 2.37 bits per heavy atom. The molecule has 3 aromatic rings. The van der Waals surface area contributed by atoms with E-state index in [0.29, 0.717) is 5.82 Å². The Bertz CT molecular complexity index is 1080. The molecule has 0 saturated carbocycles. The van der Waals surface area contributed by atoms with E-state index in [4.69, 9.17) is 4.98 Å². The minimum absolute atomic E-state index is 0.00281. The van der Waals surface area contributed by atoms with E-state index in [0.717, 1.165) is 39.9 Å². The predicted molar refractivity (Wildman–Crippen MR) is 151 cm³/mol. The van der Waals surface area contributed by atoms with Crippen LogP contribution in [-0.4, -0.2) is 27.5 Å². The summed E-state index contributed by atoms with van der Waals surface area (Å²) in [6.07, 6.45) is 5.90. The van der Waals surface area contributed by atoms with E-state index >= 15 is 0 Å². The number of imidazole rings is 1. The largest absolute Gasteiger partial charge is 0.328 e. The number of nitrogens with zero attached hydrogens (tertiary/aromatic N) is 4. The van der Waals surface area contributed by atoms with Crippen LogP contribution in [0.25, 0.3) is 11.0 Å². The lowest BCUT2D eigenvalue weighted by atomic mass is 9.96. The number of rotatable bonds is 8. The maximum absolute atomic E-state index is 11.1.